The van der Waals surface area contributed by atoms with Gasteiger partial charge in [0.25, 0.3) is 5.91 Å². The SMILES string of the molecule is COc1ccc(OC(C)C(=O)N2CCC(C(=O)Nc3ccccc3)CC2)cc1. The number of hydrogen-bond acceptors (Lipinski definition) is 4. The fourth-order valence-electron chi connectivity index (χ4n) is 3.29. The number of ether oxygens (including phenoxy) is 2. The Balaban J connectivity index is 1.47. The molecule has 1 saturated heterocycles. The summed E-state index contributed by atoms with van der Waals surface area (Å²) in [5.41, 5.74) is 0.799. The fraction of sp³-hybridized carbons (Fsp3) is 0.364. The Morgan fingerprint density at radius 2 is 1.61 bits per heavy atom. The largest absolute Gasteiger partial charge is 0.497 e. The number of carbonyl (C=O) groups excluding carboxylic acids is 2. The first kappa shape index (κ1) is 19.7. The van der Waals surface area contributed by atoms with E-state index in [0.717, 1.165) is 11.4 Å². The van der Waals surface area contributed by atoms with E-state index in [1.165, 1.54) is 0 Å². The van der Waals surface area contributed by atoms with E-state index >= 15 is 0 Å². The number of anilines is 1. The molecule has 28 heavy (non-hydrogen) atoms. The number of carbonyl (C=O) groups is 2. The summed E-state index contributed by atoms with van der Waals surface area (Å²) in [6, 6.07) is 16.6. The van der Waals surface area contributed by atoms with E-state index < -0.39 is 6.10 Å². The minimum Gasteiger partial charge on any atom is -0.497 e. The zero-order valence-corrected chi connectivity index (χ0v) is 16.3. The van der Waals surface area contributed by atoms with Gasteiger partial charge in [-0.25, -0.2) is 0 Å². The number of hydrogen-bond donors (Lipinski definition) is 1. The van der Waals surface area contributed by atoms with E-state index in [0.29, 0.717) is 31.7 Å². The Morgan fingerprint density at radius 1 is 1.00 bits per heavy atom. The monoisotopic (exact) mass is 382 g/mol. The molecular weight excluding hydrogens is 356 g/mol. The maximum atomic E-state index is 12.7. The van der Waals surface area contributed by atoms with Crippen LogP contribution in [0.3, 0.4) is 0 Å². The molecule has 2 aromatic rings. The normalized spacial score (nSPS) is 15.6. The number of likely N-dealkylation sites (tertiary alicyclic amines) is 1. The third-order valence-corrected chi connectivity index (χ3v) is 4.94. The number of rotatable bonds is 6. The molecule has 0 aromatic heterocycles. The molecule has 0 saturated carbocycles. The van der Waals surface area contributed by atoms with Crippen molar-refractivity contribution < 1.29 is 19.1 Å². The molecule has 1 aliphatic rings. The molecule has 1 N–H and O–H groups in total. The van der Waals surface area contributed by atoms with Gasteiger partial charge in [-0.1, -0.05) is 18.2 Å². The minimum absolute atomic E-state index is 0.0147. The number of piperidine rings is 1. The third-order valence-electron chi connectivity index (χ3n) is 4.94. The molecule has 1 fully saturated rings. The molecule has 1 heterocycles. The summed E-state index contributed by atoms with van der Waals surface area (Å²) in [7, 11) is 1.60. The van der Waals surface area contributed by atoms with Gasteiger partial charge in [0, 0.05) is 24.7 Å². The second-order valence-corrected chi connectivity index (χ2v) is 6.89. The van der Waals surface area contributed by atoms with Crippen LogP contribution in [0.25, 0.3) is 0 Å². The summed E-state index contributed by atoms with van der Waals surface area (Å²) in [4.78, 5) is 26.9. The average molecular weight is 382 g/mol. The van der Waals surface area contributed by atoms with Gasteiger partial charge in [0.05, 0.1) is 7.11 Å². The standard InChI is InChI=1S/C22H26N2O4/c1-16(28-20-10-8-19(27-2)9-11-20)22(26)24-14-12-17(13-15-24)21(25)23-18-6-4-3-5-7-18/h3-11,16-17H,12-15H2,1-2H3,(H,23,25). The van der Waals surface area contributed by atoms with Gasteiger partial charge >= 0.3 is 0 Å². The zero-order chi connectivity index (χ0) is 19.9. The average Bonchev–Trinajstić information content (AvgIpc) is 2.74. The van der Waals surface area contributed by atoms with E-state index in [9.17, 15) is 9.59 Å². The summed E-state index contributed by atoms with van der Waals surface area (Å²) in [6.07, 6.45) is 0.724. The quantitative estimate of drug-likeness (QED) is 0.832. The van der Waals surface area contributed by atoms with Crippen LogP contribution in [-0.2, 0) is 9.59 Å². The molecule has 0 aliphatic carbocycles. The van der Waals surface area contributed by atoms with E-state index in [1.54, 1.807) is 43.2 Å². The number of amides is 2. The summed E-state index contributed by atoms with van der Waals surface area (Å²) in [5.74, 6) is 1.24. The zero-order valence-electron chi connectivity index (χ0n) is 16.3. The Kier molecular flexibility index (Phi) is 6.53. The van der Waals surface area contributed by atoms with Gasteiger partial charge in [-0.05, 0) is 56.2 Å². The van der Waals surface area contributed by atoms with E-state index in [1.807, 2.05) is 30.3 Å². The van der Waals surface area contributed by atoms with Crippen molar-refractivity contribution in [1.82, 2.24) is 4.90 Å². The van der Waals surface area contributed by atoms with Crippen LogP contribution in [0.1, 0.15) is 19.8 Å². The first-order valence-electron chi connectivity index (χ1n) is 9.52. The predicted molar refractivity (Wildman–Crippen MR) is 107 cm³/mol. The molecule has 148 valence electrons. The third kappa shape index (κ3) is 5.03. The maximum absolute atomic E-state index is 12.7. The van der Waals surface area contributed by atoms with Crippen molar-refractivity contribution in [3.63, 3.8) is 0 Å². The van der Waals surface area contributed by atoms with E-state index in [-0.39, 0.29) is 17.7 Å². The van der Waals surface area contributed by atoms with E-state index in [2.05, 4.69) is 5.32 Å². The van der Waals surface area contributed by atoms with Crippen LogP contribution in [0.15, 0.2) is 54.6 Å². The maximum Gasteiger partial charge on any atom is 0.263 e. The van der Waals surface area contributed by atoms with Gasteiger partial charge in [0.1, 0.15) is 11.5 Å². The van der Waals surface area contributed by atoms with Gasteiger partial charge in [-0.15, -0.1) is 0 Å². The highest BCUT2D eigenvalue weighted by atomic mass is 16.5. The lowest BCUT2D eigenvalue weighted by atomic mass is 9.95. The minimum atomic E-state index is -0.580. The Bertz CT molecular complexity index is 784. The highest BCUT2D eigenvalue weighted by Gasteiger charge is 2.30. The molecule has 2 aromatic carbocycles. The molecule has 1 aliphatic heterocycles. The van der Waals surface area contributed by atoms with Crippen LogP contribution in [0.5, 0.6) is 11.5 Å². The van der Waals surface area contributed by atoms with Crippen LogP contribution in [-0.4, -0.2) is 43.0 Å². The van der Waals surface area contributed by atoms with Gasteiger partial charge in [0.15, 0.2) is 6.10 Å². The van der Waals surface area contributed by atoms with Crippen LogP contribution < -0.4 is 14.8 Å². The number of nitrogens with one attached hydrogen (secondary N) is 1. The highest BCUT2D eigenvalue weighted by Crippen LogP contribution is 2.22. The van der Waals surface area contributed by atoms with E-state index in [4.69, 9.17) is 9.47 Å². The van der Waals surface area contributed by atoms with Crippen LogP contribution in [0.2, 0.25) is 0 Å². The smallest absolute Gasteiger partial charge is 0.263 e. The lowest BCUT2D eigenvalue weighted by Crippen LogP contribution is -2.46. The topological polar surface area (TPSA) is 67.9 Å². The first-order valence-corrected chi connectivity index (χ1v) is 9.52. The van der Waals surface area contributed by atoms with Gasteiger partial charge in [-0.2, -0.15) is 0 Å². The Hall–Kier alpha value is -3.02. The number of benzene rings is 2. The second-order valence-electron chi connectivity index (χ2n) is 6.89. The van der Waals surface area contributed by atoms with Gasteiger partial charge < -0.3 is 19.7 Å². The van der Waals surface area contributed by atoms with Crippen LogP contribution in [0.4, 0.5) is 5.69 Å². The lowest BCUT2D eigenvalue weighted by molar-refractivity contribution is -0.140. The van der Waals surface area contributed by atoms with Crippen molar-refractivity contribution in [2.24, 2.45) is 5.92 Å². The molecule has 1 atom stereocenters. The summed E-state index contributed by atoms with van der Waals surface area (Å²) in [6.45, 7) is 2.87. The highest BCUT2D eigenvalue weighted by molar-refractivity contribution is 5.92. The van der Waals surface area contributed by atoms with Crippen molar-refractivity contribution >= 4 is 17.5 Å². The van der Waals surface area contributed by atoms with Crippen molar-refractivity contribution in [1.29, 1.82) is 0 Å². The first-order chi connectivity index (χ1) is 13.6. The van der Waals surface area contributed by atoms with Crippen molar-refractivity contribution in [2.75, 3.05) is 25.5 Å². The second kappa shape index (κ2) is 9.26. The molecule has 1 unspecified atom stereocenters. The summed E-state index contributed by atoms with van der Waals surface area (Å²) >= 11 is 0. The summed E-state index contributed by atoms with van der Waals surface area (Å²) < 4.78 is 10.9. The van der Waals surface area contributed by atoms with Crippen molar-refractivity contribution in [3.8, 4) is 11.5 Å². The van der Waals surface area contributed by atoms with Crippen molar-refractivity contribution in [3.05, 3.63) is 54.6 Å². The molecule has 0 radical (unpaired) electrons. The Morgan fingerprint density at radius 3 is 2.21 bits per heavy atom. The van der Waals surface area contributed by atoms with Crippen LogP contribution >= 0.6 is 0 Å². The predicted octanol–water partition coefficient (Wildman–Crippen LogP) is 3.34. The molecule has 3 rings (SSSR count). The van der Waals surface area contributed by atoms with Gasteiger partial charge in [-0.3, -0.25) is 9.59 Å². The Labute approximate surface area is 165 Å². The fourth-order valence-corrected chi connectivity index (χ4v) is 3.29. The summed E-state index contributed by atoms with van der Waals surface area (Å²) in [5, 5.41) is 2.94. The van der Waals surface area contributed by atoms with Crippen molar-refractivity contribution in [2.45, 2.75) is 25.9 Å². The van der Waals surface area contributed by atoms with Gasteiger partial charge in [0.2, 0.25) is 5.91 Å². The number of nitrogens with zero attached hydrogens (tertiary/aromatic N) is 1. The molecule has 0 bridgehead atoms. The molecule has 0 spiro atoms. The number of para-hydroxylation sites is 1. The lowest BCUT2D eigenvalue weighted by Gasteiger charge is -2.33. The molecule has 2 amide bonds. The molecular formula is C22H26N2O4. The van der Waals surface area contributed by atoms with Crippen LogP contribution in [0, 0.1) is 5.92 Å². The number of methoxy groups -OCH3 is 1. The molecule has 6 heteroatoms. The molecule has 6 nitrogen and oxygen atoms in total.